The van der Waals surface area contributed by atoms with Crippen LogP contribution in [0, 0.1) is 13.8 Å². The van der Waals surface area contributed by atoms with Crippen molar-refractivity contribution >= 4 is 10.9 Å². The first-order valence-electron chi connectivity index (χ1n) is 8.01. The number of para-hydroxylation sites is 1. The van der Waals surface area contributed by atoms with Gasteiger partial charge >= 0.3 is 0 Å². The molecule has 3 rings (SSSR count). The number of aromatic amines is 1. The predicted octanol–water partition coefficient (Wildman–Crippen LogP) is 5.11. The van der Waals surface area contributed by atoms with E-state index in [2.05, 4.69) is 51.7 Å². The standard InChI is InChI=1S/C21H23NO/c1-13-10-15(21(3,4)5)11-14(2)20(13)18-12-19(23)16-8-6-7-9-17(16)22-18/h6-12H,1-5H3,(H,22,23). The summed E-state index contributed by atoms with van der Waals surface area (Å²) in [5.74, 6) is 0. The third-order valence-electron chi connectivity index (χ3n) is 4.41. The summed E-state index contributed by atoms with van der Waals surface area (Å²) >= 11 is 0. The molecule has 118 valence electrons. The van der Waals surface area contributed by atoms with Crippen LogP contribution in [-0.2, 0) is 5.41 Å². The van der Waals surface area contributed by atoms with E-state index in [1.54, 1.807) is 6.07 Å². The van der Waals surface area contributed by atoms with Gasteiger partial charge in [-0.25, -0.2) is 0 Å². The van der Waals surface area contributed by atoms with Gasteiger partial charge in [0.1, 0.15) is 0 Å². The van der Waals surface area contributed by atoms with Crippen molar-refractivity contribution in [2.75, 3.05) is 0 Å². The summed E-state index contributed by atoms with van der Waals surface area (Å²) in [6, 6.07) is 13.8. The lowest BCUT2D eigenvalue weighted by molar-refractivity contribution is 0.589. The Labute approximate surface area is 137 Å². The van der Waals surface area contributed by atoms with Gasteiger partial charge in [0.2, 0.25) is 0 Å². The van der Waals surface area contributed by atoms with Crippen LogP contribution in [0.5, 0.6) is 0 Å². The monoisotopic (exact) mass is 305 g/mol. The molecule has 1 N–H and O–H groups in total. The van der Waals surface area contributed by atoms with Crippen molar-refractivity contribution in [2.45, 2.75) is 40.0 Å². The maximum absolute atomic E-state index is 12.4. The summed E-state index contributed by atoms with van der Waals surface area (Å²) in [7, 11) is 0. The summed E-state index contributed by atoms with van der Waals surface area (Å²) < 4.78 is 0. The van der Waals surface area contributed by atoms with Crippen molar-refractivity contribution in [3.05, 3.63) is 69.4 Å². The number of fused-ring (bicyclic) bond motifs is 1. The van der Waals surface area contributed by atoms with Crippen LogP contribution in [0.1, 0.15) is 37.5 Å². The highest BCUT2D eigenvalue weighted by Crippen LogP contribution is 2.31. The minimum absolute atomic E-state index is 0.0630. The Morgan fingerprint density at radius 2 is 1.52 bits per heavy atom. The third-order valence-corrected chi connectivity index (χ3v) is 4.41. The van der Waals surface area contributed by atoms with Gasteiger partial charge in [-0.2, -0.15) is 0 Å². The Hall–Kier alpha value is -2.35. The van der Waals surface area contributed by atoms with Crippen molar-refractivity contribution in [1.29, 1.82) is 0 Å². The van der Waals surface area contributed by atoms with Crippen LogP contribution >= 0.6 is 0 Å². The van der Waals surface area contributed by atoms with Crippen LogP contribution in [0.25, 0.3) is 22.2 Å². The summed E-state index contributed by atoms with van der Waals surface area (Å²) in [5, 5.41) is 0.734. The Kier molecular flexibility index (Phi) is 3.63. The van der Waals surface area contributed by atoms with Gasteiger partial charge in [-0.3, -0.25) is 4.79 Å². The van der Waals surface area contributed by atoms with Crippen LogP contribution in [0.4, 0.5) is 0 Å². The number of nitrogens with one attached hydrogen (secondary N) is 1. The van der Waals surface area contributed by atoms with Gasteiger partial charge in [-0.15, -0.1) is 0 Å². The third kappa shape index (κ3) is 2.81. The van der Waals surface area contributed by atoms with E-state index in [0.29, 0.717) is 0 Å². The molecule has 0 amide bonds. The highest BCUT2D eigenvalue weighted by molar-refractivity contribution is 5.82. The molecule has 23 heavy (non-hydrogen) atoms. The largest absolute Gasteiger partial charge is 0.354 e. The van der Waals surface area contributed by atoms with E-state index in [4.69, 9.17) is 0 Å². The summed E-state index contributed by atoms with van der Waals surface area (Å²) in [6.45, 7) is 10.9. The second-order valence-electron chi connectivity index (χ2n) is 7.33. The molecule has 0 aliphatic heterocycles. The van der Waals surface area contributed by atoms with E-state index in [-0.39, 0.29) is 10.8 Å². The molecule has 0 saturated carbocycles. The highest BCUT2D eigenvalue weighted by Gasteiger charge is 2.17. The van der Waals surface area contributed by atoms with Crippen LogP contribution in [-0.4, -0.2) is 4.98 Å². The van der Waals surface area contributed by atoms with Gasteiger partial charge in [0.25, 0.3) is 0 Å². The number of H-pyrrole nitrogens is 1. The minimum atomic E-state index is 0.0630. The molecule has 0 saturated heterocycles. The van der Waals surface area contributed by atoms with E-state index in [9.17, 15) is 4.79 Å². The van der Waals surface area contributed by atoms with Crippen molar-refractivity contribution in [2.24, 2.45) is 0 Å². The van der Waals surface area contributed by atoms with Crippen LogP contribution in [0.15, 0.2) is 47.3 Å². The van der Waals surface area contributed by atoms with Gasteiger partial charge < -0.3 is 4.98 Å². The number of rotatable bonds is 1. The second kappa shape index (κ2) is 5.38. The molecular weight excluding hydrogens is 282 g/mol. The molecule has 0 aliphatic rings. The molecule has 0 atom stereocenters. The van der Waals surface area contributed by atoms with E-state index in [1.807, 2.05) is 24.3 Å². The molecule has 2 heteroatoms. The Bertz CT molecular complexity index is 919. The lowest BCUT2D eigenvalue weighted by Crippen LogP contribution is -2.12. The SMILES string of the molecule is Cc1cc(C(C)(C)C)cc(C)c1-c1cc(=O)c2ccccc2[nH]1. The zero-order chi connectivity index (χ0) is 16.8. The number of aryl methyl sites for hydroxylation is 2. The molecule has 0 radical (unpaired) electrons. The molecular formula is C21H23NO. The van der Waals surface area contributed by atoms with E-state index in [0.717, 1.165) is 22.2 Å². The van der Waals surface area contributed by atoms with Crippen LogP contribution in [0.3, 0.4) is 0 Å². The van der Waals surface area contributed by atoms with Gasteiger partial charge in [0.15, 0.2) is 5.43 Å². The maximum Gasteiger partial charge on any atom is 0.190 e. The van der Waals surface area contributed by atoms with Gasteiger partial charge in [0, 0.05) is 22.5 Å². The first-order valence-corrected chi connectivity index (χ1v) is 8.01. The van der Waals surface area contributed by atoms with E-state index in [1.165, 1.54) is 16.7 Å². The Morgan fingerprint density at radius 1 is 0.913 bits per heavy atom. The van der Waals surface area contributed by atoms with Gasteiger partial charge in [0.05, 0.1) is 5.69 Å². The molecule has 3 aromatic rings. The second-order valence-corrected chi connectivity index (χ2v) is 7.33. The fourth-order valence-corrected chi connectivity index (χ4v) is 3.15. The summed E-state index contributed by atoms with van der Waals surface area (Å²) in [4.78, 5) is 15.8. The van der Waals surface area contributed by atoms with Crippen molar-refractivity contribution in [1.82, 2.24) is 4.98 Å². The molecule has 0 spiro atoms. The van der Waals surface area contributed by atoms with Crippen LogP contribution in [0.2, 0.25) is 0 Å². The fourth-order valence-electron chi connectivity index (χ4n) is 3.15. The van der Waals surface area contributed by atoms with Gasteiger partial charge in [-0.05, 0) is 48.1 Å². The Balaban J connectivity index is 2.25. The average Bonchev–Trinajstić information content (AvgIpc) is 2.45. The molecule has 0 aliphatic carbocycles. The smallest absolute Gasteiger partial charge is 0.190 e. The fraction of sp³-hybridized carbons (Fsp3) is 0.286. The quantitative estimate of drug-likeness (QED) is 0.666. The number of aromatic nitrogens is 1. The highest BCUT2D eigenvalue weighted by atomic mass is 16.1. The maximum atomic E-state index is 12.4. The predicted molar refractivity (Wildman–Crippen MR) is 98.2 cm³/mol. The molecule has 2 nitrogen and oxygen atoms in total. The van der Waals surface area contributed by atoms with Crippen molar-refractivity contribution in [3.8, 4) is 11.3 Å². The summed E-state index contributed by atoms with van der Waals surface area (Å²) in [5.41, 5.74) is 6.79. The number of pyridine rings is 1. The van der Waals surface area contributed by atoms with Crippen molar-refractivity contribution < 1.29 is 0 Å². The minimum Gasteiger partial charge on any atom is -0.354 e. The number of hydrogen-bond acceptors (Lipinski definition) is 1. The molecule has 0 fully saturated rings. The molecule has 1 aromatic heterocycles. The number of hydrogen-bond donors (Lipinski definition) is 1. The van der Waals surface area contributed by atoms with E-state index >= 15 is 0 Å². The summed E-state index contributed by atoms with van der Waals surface area (Å²) in [6.07, 6.45) is 0. The zero-order valence-corrected chi connectivity index (χ0v) is 14.4. The topological polar surface area (TPSA) is 32.9 Å². The van der Waals surface area contributed by atoms with E-state index < -0.39 is 0 Å². The molecule has 0 bridgehead atoms. The normalized spacial score (nSPS) is 11.9. The Morgan fingerprint density at radius 3 is 2.13 bits per heavy atom. The van der Waals surface area contributed by atoms with Crippen molar-refractivity contribution in [3.63, 3.8) is 0 Å². The zero-order valence-electron chi connectivity index (χ0n) is 14.4. The molecule has 1 heterocycles. The first kappa shape index (κ1) is 15.5. The first-order chi connectivity index (χ1) is 10.8. The van der Waals surface area contributed by atoms with Crippen LogP contribution < -0.4 is 5.43 Å². The molecule has 2 aromatic carbocycles. The molecule has 0 unspecified atom stereocenters. The lowest BCUT2D eigenvalue weighted by Gasteiger charge is -2.22. The number of benzene rings is 2. The lowest BCUT2D eigenvalue weighted by atomic mass is 9.83. The van der Waals surface area contributed by atoms with Gasteiger partial charge in [-0.1, -0.05) is 45.0 Å². The average molecular weight is 305 g/mol.